The molecule has 1 aliphatic rings. The van der Waals surface area contributed by atoms with Crippen LogP contribution in [0.4, 0.5) is 0 Å². The Bertz CT molecular complexity index is 306. The van der Waals surface area contributed by atoms with E-state index >= 15 is 0 Å². The van der Waals surface area contributed by atoms with Crippen LogP contribution in [0.2, 0.25) is 0 Å². The standard InChI is InChI=1S/C12H16O/c1-2-12(13)8-7-10-5-3-4-6-11(10)9-12/h3-6,13H,2,7-9H2,1H3. The van der Waals surface area contributed by atoms with Crippen molar-refractivity contribution in [2.45, 2.75) is 38.2 Å². The molecule has 1 heteroatoms. The Morgan fingerprint density at radius 1 is 1.31 bits per heavy atom. The molecule has 0 fully saturated rings. The van der Waals surface area contributed by atoms with Crippen molar-refractivity contribution >= 4 is 0 Å². The summed E-state index contributed by atoms with van der Waals surface area (Å²) in [7, 11) is 0. The highest BCUT2D eigenvalue weighted by molar-refractivity contribution is 5.31. The summed E-state index contributed by atoms with van der Waals surface area (Å²) < 4.78 is 0. The third-order valence-corrected chi connectivity index (χ3v) is 3.16. The molecule has 1 N–H and O–H groups in total. The lowest BCUT2D eigenvalue weighted by molar-refractivity contribution is 0.0226. The maximum absolute atomic E-state index is 10.1. The summed E-state index contributed by atoms with van der Waals surface area (Å²) >= 11 is 0. The average molecular weight is 176 g/mol. The van der Waals surface area contributed by atoms with Crippen LogP contribution >= 0.6 is 0 Å². The molecule has 0 bridgehead atoms. The van der Waals surface area contributed by atoms with Crippen molar-refractivity contribution in [3.05, 3.63) is 35.4 Å². The van der Waals surface area contributed by atoms with Crippen LogP contribution in [0.3, 0.4) is 0 Å². The van der Waals surface area contributed by atoms with Gasteiger partial charge in [-0.15, -0.1) is 0 Å². The molecule has 13 heavy (non-hydrogen) atoms. The van der Waals surface area contributed by atoms with Crippen molar-refractivity contribution in [3.8, 4) is 0 Å². The van der Waals surface area contributed by atoms with Gasteiger partial charge in [-0.2, -0.15) is 0 Å². The second kappa shape index (κ2) is 3.15. The van der Waals surface area contributed by atoms with Gasteiger partial charge in [0.2, 0.25) is 0 Å². The van der Waals surface area contributed by atoms with Crippen LogP contribution in [0.15, 0.2) is 24.3 Å². The van der Waals surface area contributed by atoms with Gasteiger partial charge in [0.15, 0.2) is 0 Å². The van der Waals surface area contributed by atoms with Crippen molar-refractivity contribution in [1.82, 2.24) is 0 Å². The van der Waals surface area contributed by atoms with E-state index in [1.54, 1.807) is 0 Å². The van der Waals surface area contributed by atoms with Crippen LogP contribution in [0.25, 0.3) is 0 Å². The summed E-state index contributed by atoms with van der Waals surface area (Å²) in [6, 6.07) is 8.44. The molecule has 0 amide bonds. The van der Waals surface area contributed by atoms with Crippen molar-refractivity contribution in [2.75, 3.05) is 0 Å². The summed E-state index contributed by atoms with van der Waals surface area (Å²) in [6.07, 6.45) is 3.64. The van der Waals surface area contributed by atoms with E-state index in [1.165, 1.54) is 11.1 Å². The Kier molecular flexibility index (Phi) is 2.12. The Morgan fingerprint density at radius 3 is 2.69 bits per heavy atom. The molecule has 1 aromatic rings. The molecule has 0 aromatic heterocycles. The van der Waals surface area contributed by atoms with Gasteiger partial charge in [-0.05, 0) is 30.4 Å². The highest BCUT2D eigenvalue weighted by Gasteiger charge is 2.29. The van der Waals surface area contributed by atoms with Gasteiger partial charge in [-0.25, -0.2) is 0 Å². The zero-order chi connectivity index (χ0) is 9.31. The molecule has 0 saturated heterocycles. The van der Waals surface area contributed by atoms with Gasteiger partial charge < -0.3 is 5.11 Å². The second-order valence-corrected chi connectivity index (χ2v) is 4.02. The van der Waals surface area contributed by atoms with E-state index in [9.17, 15) is 5.11 Å². The number of fused-ring (bicyclic) bond motifs is 1. The lowest BCUT2D eigenvalue weighted by Crippen LogP contribution is -2.34. The van der Waals surface area contributed by atoms with E-state index in [0.29, 0.717) is 0 Å². The van der Waals surface area contributed by atoms with Crippen LogP contribution < -0.4 is 0 Å². The number of aliphatic hydroxyl groups is 1. The van der Waals surface area contributed by atoms with Gasteiger partial charge in [-0.1, -0.05) is 31.2 Å². The average Bonchev–Trinajstić information content (AvgIpc) is 2.18. The predicted octanol–water partition coefficient (Wildman–Crippen LogP) is 2.32. The van der Waals surface area contributed by atoms with E-state index in [1.807, 2.05) is 0 Å². The molecule has 0 spiro atoms. The highest BCUT2D eigenvalue weighted by Crippen LogP contribution is 2.30. The number of aryl methyl sites for hydroxylation is 1. The monoisotopic (exact) mass is 176 g/mol. The van der Waals surface area contributed by atoms with Crippen molar-refractivity contribution < 1.29 is 5.11 Å². The van der Waals surface area contributed by atoms with Crippen LogP contribution in [0, 0.1) is 0 Å². The zero-order valence-corrected chi connectivity index (χ0v) is 8.09. The first-order valence-corrected chi connectivity index (χ1v) is 5.03. The largest absolute Gasteiger partial charge is 0.390 e. The fraction of sp³-hybridized carbons (Fsp3) is 0.500. The normalized spacial score (nSPS) is 26.9. The predicted molar refractivity (Wildman–Crippen MR) is 53.7 cm³/mol. The van der Waals surface area contributed by atoms with E-state index in [4.69, 9.17) is 0 Å². The van der Waals surface area contributed by atoms with Crippen molar-refractivity contribution in [3.63, 3.8) is 0 Å². The molecule has 1 atom stereocenters. The lowest BCUT2D eigenvalue weighted by atomic mass is 9.79. The molecule has 0 heterocycles. The summed E-state index contributed by atoms with van der Waals surface area (Å²) in [4.78, 5) is 0. The van der Waals surface area contributed by atoms with Crippen molar-refractivity contribution in [1.29, 1.82) is 0 Å². The molecule has 1 unspecified atom stereocenters. The Labute approximate surface area is 79.4 Å². The quantitative estimate of drug-likeness (QED) is 0.696. The molecule has 0 saturated carbocycles. The summed E-state index contributed by atoms with van der Waals surface area (Å²) in [5, 5.41) is 10.1. The molecule has 1 aromatic carbocycles. The topological polar surface area (TPSA) is 20.2 Å². The molecular weight excluding hydrogens is 160 g/mol. The molecular formula is C12H16O. The Morgan fingerprint density at radius 2 is 2.00 bits per heavy atom. The van der Waals surface area contributed by atoms with Crippen LogP contribution in [-0.4, -0.2) is 10.7 Å². The third kappa shape index (κ3) is 1.61. The van der Waals surface area contributed by atoms with Gasteiger partial charge in [0.25, 0.3) is 0 Å². The van der Waals surface area contributed by atoms with Crippen LogP contribution in [-0.2, 0) is 12.8 Å². The van der Waals surface area contributed by atoms with Crippen LogP contribution in [0.1, 0.15) is 30.9 Å². The van der Waals surface area contributed by atoms with E-state index in [2.05, 4.69) is 31.2 Å². The SMILES string of the molecule is CCC1(O)CCc2ccccc2C1. The van der Waals surface area contributed by atoms with Gasteiger partial charge in [-0.3, -0.25) is 0 Å². The first-order chi connectivity index (χ1) is 6.23. The maximum atomic E-state index is 10.1. The molecule has 1 aliphatic carbocycles. The lowest BCUT2D eigenvalue weighted by Gasteiger charge is -2.32. The first-order valence-electron chi connectivity index (χ1n) is 5.03. The first kappa shape index (κ1) is 8.76. The number of hydrogen-bond donors (Lipinski definition) is 1. The molecule has 70 valence electrons. The van der Waals surface area contributed by atoms with Crippen molar-refractivity contribution in [2.24, 2.45) is 0 Å². The molecule has 0 aliphatic heterocycles. The van der Waals surface area contributed by atoms with E-state index in [0.717, 1.165) is 25.7 Å². The Hall–Kier alpha value is -0.820. The maximum Gasteiger partial charge on any atom is 0.0688 e. The fourth-order valence-electron chi connectivity index (χ4n) is 2.09. The van der Waals surface area contributed by atoms with Gasteiger partial charge >= 0.3 is 0 Å². The molecule has 2 rings (SSSR count). The second-order valence-electron chi connectivity index (χ2n) is 4.02. The minimum atomic E-state index is -0.436. The van der Waals surface area contributed by atoms with Gasteiger partial charge in [0.05, 0.1) is 5.60 Å². The van der Waals surface area contributed by atoms with Gasteiger partial charge in [0.1, 0.15) is 0 Å². The highest BCUT2D eigenvalue weighted by atomic mass is 16.3. The third-order valence-electron chi connectivity index (χ3n) is 3.16. The fourth-order valence-corrected chi connectivity index (χ4v) is 2.09. The molecule has 0 radical (unpaired) electrons. The molecule has 1 nitrogen and oxygen atoms in total. The summed E-state index contributed by atoms with van der Waals surface area (Å²) in [5.74, 6) is 0. The van der Waals surface area contributed by atoms with Gasteiger partial charge in [0, 0.05) is 6.42 Å². The Balaban J connectivity index is 2.29. The summed E-state index contributed by atoms with van der Waals surface area (Å²) in [5.41, 5.74) is 2.31. The zero-order valence-electron chi connectivity index (χ0n) is 8.09. The minimum Gasteiger partial charge on any atom is -0.390 e. The number of hydrogen-bond acceptors (Lipinski definition) is 1. The van der Waals surface area contributed by atoms with Crippen LogP contribution in [0.5, 0.6) is 0 Å². The smallest absolute Gasteiger partial charge is 0.0688 e. The summed E-state index contributed by atoms with van der Waals surface area (Å²) in [6.45, 7) is 2.06. The number of benzene rings is 1. The van der Waals surface area contributed by atoms with E-state index < -0.39 is 5.60 Å². The van der Waals surface area contributed by atoms with E-state index in [-0.39, 0.29) is 0 Å². The minimum absolute atomic E-state index is 0.436. The number of rotatable bonds is 1.